The summed E-state index contributed by atoms with van der Waals surface area (Å²) in [6, 6.07) is 0.603. The molecule has 0 saturated heterocycles. The average molecular weight is 325 g/mol. The van der Waals surface area contributed by atoms with E-state index in [1.54, 1.807) is 0 Å². The van der Waals surface area contributed by atoms with Crippen molar-refractivity contribution < 1.29 is 26.5 Å². The topological polar surface area (TPSA) is 89.3 Å². The van der Waals surface area contributed by atoms with E-state index in [9.17, 15) is 31.7 Å². The zero-order valence-corrected chi connectivity index (χ0v) is 10.6. The van der Waals surface area contributed by atoms with Gasteiger partial charge in [-0.15, -0.1) is 11.3 Å². The van der Waals surface area contributed by atoms with E-state index >= 15 is 0 Å². The number of sulfonamides is 1. The number of hydrogen-bond donors (Lipinski definition) is 1. The zero-order valence-electron chi connectivity index (χ0n) is 8.19. The lowest BCUT2D eigenvalue weighted by Crippen LogP contribution is -2.33. The highest BCUT2D eigenvalue weighted by Gasteiger charge is 2.32. The third-order valence-electron chi connectivity index (χ3n) is 1.57. The molecule has 1 aromatic rings. The van der Waals surface area contributed by atoms with Gasteiger partial charge in [0.25, 0.3) is 15.7 Å². The minimum Gasteiger partial charge on any atom is -0.258 e. The van der Waals surface area contributed by atoms with Crippen LogP contribution >= 0.6 is 22.9 Å². The van der Waals surface area contributed by atoms with E-state index in [1.165, 1.54) is 4.72 Å². The molecule has 12 heteroatoms. The molecular weight excluding hydrogens is 321 g/mol. The lowest BCUT2D eigenvalue weighted by molar-refractivity contribution is -0.384. The van der Waals surface area contributed by atoms with Crippen molar-refractivity contribution in [3.8, 4) is 0 Å². The molecule has 0 aliphatic heterocycles. The first-order valence-electron chi connectivity index (χ1n) is 4.03. The Labute approximate surface area is 108 Å². The summed E-state index contributed by atoms with van der Waals surface area (Å²) in [5.74, 6) is 0. The van der Waals surface area contributed by atoms with Crippen LogP contribution in [0.15, 0.2) is 10.3 Å². The van der Waals surface area contributed by atoms with Crippen molar-refractivity contribution in [2.75, 3.05) is 6.54 Å². The third kappa shape index (κ3) is 3.80. The monoisotopic (exact) mass is 324 g/mol. The number of thiophene rings is 1. The number of hydrogen-bond acceptors (Lipinski definition) is 5. The fourth-order valence-corrected chi connectivity index (χ4v) is 3.57. The summed E-state index contributed by atoms with van der Waals surface area (Å²) >= 11 is 5.70. The Bertz CT molecular complexity index is 568. The smallest absolute Gasteiger partial charge is 0.258 e. The number of halogens is 4. The molecule has 0 aliphatic carbocycles. The van der Waals surface area contributed by atoms with Gasteiger partial charge in [0.05, 0.1) is 4.92 Å². The number of nitro groups is 1. The Morgan fingerprint density at radius 1 is 1.50 bits per heavy atom. The molecule has 6 nitrogen and oxygen atoms in total. The maximum atomic E-state index is 11.9. The molecule has 1 rings (SSSR count). The number of nitrogens with zero attached hydrogens (tertiary/aromatic N) is 1. The number of rotatable bonds is 4. The molecule has 102 valence electrons. The van der Waals surface area contributed by atoms with E-state index in [4.69, 9.17) is 11.6 Å². The van der Waals surface area contributed by atoms with Crippen molar-refractivity contribution in [1.29, 1.82) is 0 Å². The van der Waals surface area contributed by atoms with Crippen molar-refractivity contribution in [2.24, 2.45) is 0 Å². The summed E-state index contributed by atoms with van der Waals surface area (Å²) in [5, 5.41) is 10.4. The van der Waals surface area contributed by atoms with Crippen LogP contribution in [0.5, 0.6) is 0 Å². The largest absolute Gasteiger partial charge is 0.402 e. The van der Waals surface area contributed by atoms with Gasteiger partial charge in [0, 0.05) is 6.07 Å². The van der Waals surface area contributed by atoms with Crippen LogP contribution in [-0.4, -0.2) is 26.1 Å². The molecule has 0 radical (unpaired) electrons. The van der Waals surface area contributed by atoms with Gasteiger partial charge in [0.2, 0.25) is 0 Å². The summed E-state index contributed by atoms with van der Waals surface area (Å²) in [5.41, 5.74) is -0.672. The molecule has 0 unspecified atom stereocenters. The highest BCUT2D eigenvalue weighted by molar-refractivity contribution is 7.91. The highest BCUT2D eigenvalue weighted by atomic mass is 35.5. The molecule has 0 bridgehead atoms. The van der Waals surface area contributed by atoms with Crippen molar-refractivity contribution in [1.82, 2.24) is 4.72 Å². The van der Waals surface area contributed by atoms with E-state index < -0.39 is 41.9 Å². The van der Waals surface area contributed by atoms with Crippen LogP contribution in [-0.2, 0) is 10.0 Å². The van der Waals surface area contributed by atoms with Gasteiger partial charge in [0.15, 0.2) is 4.34 Å². The predicted molar refractivity (Wildman–Crippen MR) is 57.2 cm³/mol. The molecule has 1 aromatic heterocycles. The van der Waals surface area contributed by atoms with Crippen molar-refractivity contribution in [3.05, 3.63) is 20.5 Å². The minimum absolute atomic E-state index is 0.306. The molecule has 0 aliphatic rings. The van der Waals surface area contributed by atoms with E-state index in [0.717, 1.165) is 0 Å². The summed E-state index contributed by atoms with van der Waals surface area (Å²) in [7, 11) is -4.47. The van der Waals surface area contributed by atoms with Gasteiger partial charge in [-0.25, -0.2) is 13.1 Å². The molecule has 0 spiro atoms. The van der Waals surface area contributed by atoms with Crippen molar-refractivity contribution in [3.63, 3.8) is 0 Å². The van der Waals surface area contributed by atoms with Crippen LogP contribution in [0.1, 0.15) is 0 Å². The lowest BCUT2D eigenvalue weighted by Gasteiger charge is -2.07. The van der Waals surface area contributed by atoms with Gasteiger partial charge >= 0.3 is 6.18 Å². The summed E-state index contributed by atoms with van der Waals surface area (Å²) in [6.07, 6.45) is -4.72. The number of nitrogens with one attached hydrogen (secondary N) is 1. The Balaban J connectivity index is 2.99. The molecule has 0 fully saturated rings. The van der Waals surface area contributed by atoms with Crippen molar-refractivity contribution >= 4 is 38.6 Å². The van der Waals surface area contributed by atoms with E-state index in [0.29, 0.717) is 17.4 Å². The Kier molecular flexibility index (Phi) is 4.20. The van der Waals surface area contributed by atoms with Gasteiger partial charge < -0.3 is 0 Å². The van der Waals surface area contributed by atoms with Crippen LogP contribution < -0.4 is 4.72 Å². The Morgan fingerprint density at radius 2 is 2.06 bits per heavy atom. The second-order valence-electron chi connectivity index (χ2n) is 2.92. The van der Waals surface area contributed by atoms with Crippen LogP contribution in [0.2, 0.25) is 4.34 Å². The third-order valence-corrected chi connectivity index (χ3v) is 4.78. The molecular formula is C6H4ClF3N2O4S2. The fraction of sp³-hybridized carbons (Fsp3) is 0.333. The van der Waals surface area contributed by atoms with Crippen molar-refractivity contribution in [2.45, 2.75) is 10.4 Å². The molecule has 1 N–H and O–H groups in total. The first-order valence-corrected chi connectivity index (χ1v) is 6.71. The summed E-state index contributed by atoms with van der Waals surface area (Å²) in [4.78, 5) is 9.48. The first-order chi connectivity index (χ1) is 8.03. The highest BCUT2D eigenvalue weighted by Crippen LogP contribution is 2.36. The quantitative estimate of drug-likeness (QED) is 0.679. The molecule has 18 heavy (non-hydrogen) atoms. The maximum Gasteiger partial charge on any atom is 0.402 e. The SMILES string of the molecule is O=[N+]([O-])c1cc(S(=O)(=O)NCC(F)(F)F)sc1Cl. The van der Waals surface area contributed by atoms with E-state index in [1.807, 2.05) is 0 Å². The maximum absolute atomic E-state index is 11.9. The average Bonchev–Trinajstić information content (AvgIpc) is 2.57. The normalized spacial score (nSPS) is 12.7. The molecule has 0 amide bonds. The zero-order chi connectivity index (χ0) is 14.1. The Morgan fingerprint density at radius 3 is 2.44 bits per heavy atom. The second-order valence-corrected chi connectivity index (χ2v) is 6.57. The standard InChI is InChI=1S/C6H4ClF3N2O4S2/c7-5-3(12(13)14)1-4(17-5)18(15,16)11-2-6(8,9)10/h1,11H,2H2. The van der Waals surface area contributed by atoms with Gasteiger partial charge in [-0.2, -0.15) is 13.2 Å². The van der Waals surface area contributed by atoms with Crippen LogP contribution in [0.3, 0.4) is 0 Å². The molecule has 1 heterocycles. The number of alkyl halides is 3. The van der Waals surface area contributed by atoms with Gasteiger partial charge in [-0.3, -0.25) is 10.1 Å². The Hall–Kier alpha value is -0.910. The molecule has 0 saturated carbocycles. The van der Waals surface area contributed by atoms with Crippen LogP contribution in [0, 0.1) is 10.1 Å². The summed E-state index contributed by atoms with van der Waals surface area (Å²) in [6.45, 7) is -1.77. The van der Waals surface area contributed by atoms with Gasteiger partial charge in [-0.05, 0) is 0 Å². The van der Waals surface area contributed by atoms with E-state index in [2.05, 4.69) is 0 Å². The second kappa shape index (κ2) is 4.99. The molecule has 0 atom stereocenters. The molecule has 0 aromatic carbocycles. The summed E-state index contributed by atoms with van der Waals surface area (Å²) < 4.78 is 58.5. The van der Waals surface area contributed by atoms with Gasteiger partial charge in [-0.1, -0.05) is 11.6 Å². The van der Waals surface area contributed by atoms with Crippen LogP contribution in [0.4, 0.5) is 18.9 Å². The lowest BCUT2D eigenvalue weighted by atomic mass is 10.6. The predicted octanol–water partition coefficient (Wildman–Crippen LogP) is 2.15. The van der Waals surface area contributed by atoms with Crippen LogP contribution in [0.25, 0.3) is 0 Å². The fourth-order valence-electron chi connectivity index (χ4n) is 0.843. The minimum atomic E-state index is -4.72. The van der Waals surface area contributed by atoms with Gasteiger partial charge in [0.1, 0.15) is 10.8 Å². The first kappa shape index (κ1) is 15.1. The van der Waals surface area contributed by atoms with E-state index in [-0.39, 0.29) is 0 Å².